The van der Waals surface area contributed by atoms with Crippen molar-refractivity contribution in [3.63, 3.8) is 0 Å². The van der Waals surface area contributed by atoms with Gasteiger partial charge in [0.05, 0.1) is 11.3 Å². The molecular weight excluding hydrogens is 366 g/mol. The van der Waals surface area contributed by atoms with Crippen molar-refractivity contribution in [2.75, 3.05) is 32.7 Å². The summed E-state index contributed by atoms with van der Waals surface area (Å²) >= 11 is 0. The zero-order valence-corrected chi connectivity index (χ0v) is 13.8. The summed E-state index contributed by atoms with van der Waals surface area (Å²) in [6.45, 7) is 1.68. The van der Waals surface area contributed by atoms with E-state index in [1.165, 1.54) is 11.8 Å². The number of carbonyl (C=O) groups is 1. The minimum absolute atomic E-state index is 0.181. The fourth-order valence-electron chi connectivity index (χ4n) is 2.69. The van der Waals surface area contributed by atoms with E-state index in [0.717, 1.165) is 6.07 Å². The molecule has 1 amide bonds. The lowest BCUT2D eigenvalue weighted by molar-refractivity contribution is -0.183. The Bertz CT molecular complexity index is 640. The molecule has 0 spiro atoms. The number of piperazine rings is 1. The van der Waals surface area contributed by atoms with Crippen molar-refractivity contribution < 1.29 is 31.1 Å². The van der Waals surface area contributed by atoms with Gasteiger partial charge in [0.1, 0.15) is 11.7 Å². The molecule has 0 radical (unpaired) electrons. The van der Waals surface area contributed by atoms with Gasteiger partial charge in [0, 0.05) is 32.7 Å². The quantitative estimate of drug-likeness (QED) is 0.780. The third-order valence-corrected chi connectivity index (χ3v) is 4.05. The third-order valence-electron chi connectivity index (χ3n) is 4.05. The maximum atomic E-state index is 13.3. The largest absolute Gasteiger partial charge is 0.433 e. The molecule has 2 N–H and O–H groups in total. The fraction of sp³-hybridized carbons (Fsp3) is 0.600. The number of nitrogens with zero attached hydrogens (tertiary/aromatic N) is 2. The molecule has 1 aliphatic heterocycles. The van der Waals surface area contributed by atoms with Crippen molar-refractivity contribution in [1.29, 1.82) is 0 Å². The summed E-state index contributed by atoms with van der Waals surface area (Å²) in [6, 6.07) is -0.329. The van der Waals surface area contributed by atoms with E-state index in [4.69, 9.17) is 0 Å². The van der Waals surface area contributed by atoms with E-state index in [1.807, 2.05) is 0 Å². The predicted molar refractivity (Wildman–Crippen MR) is 80.6 cm³/mol. The summed E-state index contributed by atoms with van der Waals surface area (Å²) in [5.41, 5.74) is -1.57. The van der Waals surface area contributed by atoms with E-state index in [9.17, 15) is 31.1 Å². The van der Waals surface area contributed by atoms with Crippen LogP contribution in [0.2, 0.25) is 0 Å². The normalized spacial score (nSPS) is 17.8. The first-order chi connectivity index (χ1) is 12.0. The van der Waals surface area contributed by atoms with Crippen molar-refractivity contribution in [3.8, 4) is 0 Å². The molecular formula is C15H18F6N4O. The number of aromatic nitrogens is 1. The van der Waals surface area contributed by atoms with Crippen LogP contribution in [0.25, 0.3) is 0 Å². The minimum atomic E-state index is -4.66. The zero-order valence-electron chi connectivity index (χ0n) is 13.8. The zero-order chi connectivity index (χ0) is 19.5. The highest BCUT2D eigenvalue weighted by Crippen LogP contribution is 2.28. The predicted octanol–water partition coefficient (Wildman–Crippen LogP) is 1.97. The second-order valence-electron chi connectivity index (χ2n) is 5.88. The molecule has 2 rings (SSSR count). The lowest BCUT2D eigenvalue weighted by Crippen LogP contribution is -2.57. The first-order valence-corrected chi connectivity index (χ1v) is 7.84. The fourth-order valence-corrected chi connectivity index (χ4v) is 2.69. The molecule has 1 aromatic heterocycles. The summed E-state index contributed by atoms with van der Waals surface area (Å²) in [4.78, 5) is 16.6. The van der Waals surface area contributed by atoms with Crippen molar-refractivity contribution in [2.24, 2.45) is 0 Å². The topological polar surface area (TPSA) is 57.3 Å². The Balaban J connectivity index is 2.08. The summed E-state index contributed by atoms with van der Waals surface area (Å²) in [5.74, 6) is -0.895. The Hall–Kier alpha value is -1.88. The number of nitrogens with one attached hydrogen (secondary N) is 2. The molecule has 11 heteroatoms. The van der Waals surface area contributed by atoms with Crippen LogP contribution in [0, 0.1) is 6.92 Å². The van der Waals surface area contributed by atoms with Gasteiger partial charge in [0.25, 0.3) is 5.91 Å². The molecule has 0 aromatic carbocycles. The minimum Gasteiger partial charge on any atom is -0.350 e. The van der Waals surface area contributed by atoms with Gasteiger partial charge in [0.15, 0.2) is 0 Å². The molecule has 0 bridgehead atoms. The van der Waals surface area contributed by atoms with E-state index in [-0.39, 0.29) is 24.3 Å². The molecule has 5 nitrogen and oxygen atoms in total. The van der Waals surface area contributed by atoms with Gasteiger partial charge in [0.2, 0.25) is 0 Å². The van der Waals surface area contributed by atoms with Crippen LogP contribution < -0.4 is 10.6 Å². The van der Waals surface area contributed by atoms with Gasteiger partial charge in [-0.15, -0.1) is 0 Å². The molecule has 146 valence electrons. The van der Waals surface area contributed by atoms with Crippen LogP contribution in [0.3, 0.4) is 0 Å². The Morgan fingerprint density at radius 1 is 1.23 bits per heavy atom. The summed E-state index contributed by atoms with van der Waals surface area (Å²) in [5, 5.41) is 5.10. The van der Waals surface area contributed by atoms with Gasteiger partial charge in [-0.05, 0) is 19.1 Å². The highest BCUT2D eigenvalue weighted by Gasteiger charge is 2.44. The first kappa shape index (κ1) is 20.4. The monoisotopic (exact) mass is 384 g/mol. The van der Waals surface area contributed by atoms with Gasteiger partial charge in [-0.3, -0.25) is 9.69 Å². The number of carbonyl (C=O) groups excluding carboxylic acids is 1. The molecule has 1 atom stereocenters. The maximum Gasteiger partial charge on any atom is 0.433 e. The molecule has 1 aromatic rings. The summed E-state index contributed by atoms with van der Waals surface area (Å²) < 4.78 is 77.6. The SMILES string of the molecule is Cc1nc(C(F)(F)F)ccc1C(=O)NCC(N1CCNCC1)C(F)(F)F. The maximum absolute atomic E-state index is 13.3. The molecule has 1 fully saturated rings. The highest BCUT2D eigenvalue weighted by molar-refractivity contribution is 5.95. The Morgan fingerprint density at radius 2 is 1.85 bits per heavy atom. The number of pyridine rings is 1. The smallest absolute Gasteiger partial charge is 0.350 e. The van der Waals surface area contributed by atoms with Crippen LogP contribution in [0.5, 0.6) is 0 Å². The molecule has 2 heterocycles. The molecule has 0 saturated carbocycles. The van der Waals surface area contributed by atoms with Crippen LogP contribution in [-0.2, 0) is 6.18 Å². The van der Waals surface area contributed by atoms with Crippen molar-refractivity contribution in [2.45, 2.75) is 25.3 Å². The van der Waals surface area contributed by atoms with Crippen LogP contribution in [0.1, 0.15) is 21.7 Å². The average Bonchev–Trinajstić information content (AvgIpc) is 2.53. The Kier molecular flexibility index (Phi) is 6.12. The number of aryl methyl sites for hydroxylation is 1. The number of alkyl halides is 6. The molecule has 1 saturated heterocycles. The van der Waals surface area contributed by atoms with E-state index < -0.39 is 36.5 Å². The number of hydrogen-bond acceptors (Lipinski definition) is 4. The van der Waals surface area contributed by atoms with Crippen LogP contribution in [0.4, 0.5) is 26.3 Å². The molecule has 26 heavy (non-hydrogen) atoms. The number of amides is 1. The van der Waals surface area contributed by atoms with E-state index in [0.29, 0.717) is 19.2 Å². The first-order valence-electron chi connectivity index (χ1n) is 7.84. The number of hydrogen-bond donors (Lipinski definition) is 2. The number of rotatable bonds is 4. The Morgan fingerprint density at radius 3 is 2.35 bits per heavy atom. The average molecular weight is 384 g/mol. The van der Waals surface area contributed by atoms with Crippen molar-refractivity contribution in [3.05, 3.63) is 29.1 Å². The second kappa shape index (κ2) is 7.78. The van der Waals surface area contributed by atoms with Crippen LogP contribution >= 0.6 is 0 Å². The van der Waals surface area contributed by atoms with Crippen molar-refractivity contribution in [1.82, 2.24) is 20.5 Å². The highest BCUT2D eigenvalue weighted by atomic mass is 19.4. The second-order valence-corrected chi connectivity index (χ2v) is 5.88. The molecule has 1 aliphatic rings. The van der Waals surface area contributed by atoms with Gasteiger partial charge in [-0.25, -0.2) is 4.98 Å². The van der Waals surface area contributed by atoms with E-state index in [2.05, 4.69) is 15.6 Å². The van der Waals surface area contributed by atoms with E-state index in [1.54, 1.807) is 0 Å². The van der Waals surface area contributed by atoms with Gasteiger partial charge >= 0.3 is 12.4 Å². The van der Waals surface area contributed by atoms with Gasteiger partial charge < -0.3 is 10.6 Å². The lowest BCUT2D eigenvalue weighted by Gasteiger charge is -2.35. The summed E-state index contributed by atoms with van der Waals surface area (Å²) in [6.07, 6.45) is -9.21. The number of halogens is 6. The standard InChI is InChI=1S/C15H18F6N4O/c1-9-10(2-3-11(24-9)14(16,17)18)13(26)23-8-12(15(19,20)21)25-6-4-22-5-7-25/h2-3,12,22H,4-8H2,1H3,(H,23,26). The van der Waals surface area contributed by atoms with Gasteiger partial charge in [-0.1, -0.05) is 0 Å². The van der Waals surface area contributed by atoms with E-state index >= 15 is 0 Å². The van der Waals surface area contributed by atoms with Crippen LogP contribution in [-0.4, -0.2) is 60.7 Å². The third kappa shape index (κ3) is 5.07. The molecule has 1 unspecified atom stereocenters. The summed E-state index contributed by atoms with van der Waals surface area (Å²) in [7, 11) is 0. The lowest BCUT2D eigenvalue weighted by atomic mass is 10.1. The van der Waals surface area contributed by atoms with Crippen molar-refractivity contribution >= 4 is 5.91 Å². The molecule has 0 aliphatic carbocycles. The van der Waals surface area contributed by atoms with Gasteiger partial charge in [-0.2, -0.15) is 26.3 Å². The Labute approximate surface area is 145 Å². The van der Waals surface area contributed by atoms with Crippen LogP contribution in [0.15, 0.2) is 12.1 Å².